The third-order valence-electron chi connectivity index (χ3n) is 2.03. The Morgan fingerprint density at radius 1 is 1.71 bits per heavy atom. The first kappa shape index (κ1) is 12.2. The quantitative estimate of drug-likeness (QED) is 0.384. The normalized spacial score (nSPS) is 10.5. The molecule has 0 bridgehead atoms. The Morgan fingerprint density at radius 2 is 2.53 bits per heavy atom. The van der Waals surface area contributed by atoms with Gasteiger partial charge in [0.1, 0.15) is 4.34 Å². The van der Waals surface area contributed by atoms with Crippen molar-refractivity contribution in [2.75, 3.05) is 0 Å². The molecule has 0 spiro atoms. The van der Waals surface area contributed by atoms with Crippen LogP contribution in [0.25, 0.3) is 0 Å². The minimum atomic E-state index is -0.416. The number of aryl methyl sites for hydroxylation is 1. The fourth-order valence-electron chi connectivity index (χ4n) is 1.25. The van der Waals surface area contributed by atoms with E-state index in [1.54, 1.807) is 29.2 Å². The van der Waals surface area contributed by atoms with Crippen LogP contribution in [0, 0.1) is 6.92 Å². The van der Waals surface area contributed by atoms with Crippen LogP contribution in [0.1, 0.15) is 21.8 Å². The minimum absolute atomic E-state index is 0.258. The van der Waals surface area contributed by atoms with Crippen LogP contribution < -0.4 is 11.3 Å². The molecule has 0 aliphatic carbocycles. The van der Waals surface area contributed by atoms with E-state index in [9.17, 15) is 4.79 Å². The standard InChI is InChI=1S/C10H11N3O2S2/c1-6-4-16-10(12-6)17-5-7-2-3-15-8(7)9(14)13-11/h2-4H,5,11H2,1H3,(H,13,14). The lowest BCUT2D eigenvalue weighted by atomic mass is 10.3. The molecule has 0 unspecified atom stereocenters. The largest absolute Gasteiger partial charge is 0.459 e. The van der Waals surface area contributed by atoms with Crippen molar-refractivity contribution in [2.24, 2.45) is 5.84 Å². The molecule has 2 heterocycles. The van der Waals surface area contributed by atoms with Gasteiger partial charge in [-0.25, -0.2) is 10.8 Å². The van der Waals surface area contributed by atoms with E-state index >= 15 is 0 Å². The molecule has 0 saturated heterocycles. The third-order valence-corrected chi connectivity index (χ3v) is 4.22. The lowest BCUT2D eigenvalue weighted by Crippen LogP contribution is -2.30. The van der Waals surface area contributed by atoms with E-state index in [1.807, 2.05) is 12.3 Å². The molecule has 1 amide bonds. The maximum atomic E-state index is 11.4. The summed E-state index contributed by atoms with van der Waals surface area (Å²) in [4.78, 5) is 15.7. The molecule has 2 aromatic rings. The molecule has 0 aliphatic heterocycles. The number of hydrogen-bond acceptors (Lipinski definition) is 6. The Hall–Kier alpha value is -1.31. The molecule has 2 rings (SSSR count). The van der Waals surface area contributed by atoms with Gasteiger partial charge in [0.2, 0.25) is 0 Å². The van der Waals surface area contributed by atoms with E-state index in [0.29, 0.717) is 5.75 Å². The monoisotopic (exact) mass is 269 g/mol. The smallest absolute Gasteiger partial charge is 0.301 e. The predicted molar refractivity (Wildman–Crippen MR) is 66.8 cm³/mol. The van der Waals surface area contributed by atoms with Crippen LogP contribution >= 0.6 is 23.1 Å². The van der Waals surface area contributed by atoms with Gasteiger partial charge in [-0.1, -0.05) is 11.8 Å². The van der Waals surface area contributed by atoms with Crippen molar-refractivity contribution in [3.63, 3.8) is 0 Å². The van der Waals surface area contributed by atoms with Gasteiger partial charge >= 0.3 is 5.91 Å². The molecule has 0 radical (unpaired) electrons. The van der Waals surface area contributed by atoms with Gasteiger partial charge in [0.15, 0.2) is 5.76 Å². The first-order valence-electron chi connectivity index (χ1n) is 4.83. The zero-order valence-electron chi connectivity index (χ0n) is 9.10. The summed E-state index contributed by atoms with van der Waals surface area (Å²) in [6, 6.07) is 1.76. The first-order chi connectivity index (χ1) is 8.20. The number of nitrogens with zero attached hydrogens (tertiary/aromatic N) is 1. The minimum Gasteiger partial charge on any atom is -0.459 e. The van der Waals surface area contributed by atoms with Crippen LogP contribution in [-0.4, -0.2) is 10.9 Å². The molecular weight excluding hydrogens is 258 g/mol. The lowest BCUT2D eigenvalue weighted by Gasteiger charge is -1.99. The van der Waals surface area contributed by atoms with Gasteiger partial charge in [-0.3, -0.25) is 10.2 Å². The number of furan rings is 1. The van der Waals surface area contributed by atoms with Gasteiger partial charge in [0.05, 0.1) is 6.26 Å². The number of thioether (sulfide) groups is 1. The summed E-state index contributed by atoms with van der Waals surface area (Å²) in [5.41, 5.74) is 3.87. The summed E-state index contributed by atoms with van der Waals surface area (Å²) in [6.45, 7) is 1.95. The SMILES string of the molecule is Cc1csc(SCc2ccoc2C(=O)NN)n1. The lowest BCUT2D eigenvalue weighted by molar-refractivity contribution is 0.0925. The van der Waals surface area contributed by atoms with E-state index in [1.165, 1.54) is 6.26 Å². The molecule has 5 nitrogen and oxygen atoms in total. The molecule has 0 saturated carbocycles. The summed E-state index contributed by atoms with van der Waals surface area (Å²) in [5, 5.41) is 1.99. The zero-order valence-corrected chi connectivity index (χ0v) is 10.7. The predicted octanol–water partition coefficient (Wildman–Crippen LogP) is 1.94. The van der Waals surface area contributed by atoms with Crippen LogP contribution in [0.5, 0.6) is 0 Å². The molecule has 0 aliphatic rings. The number of amides is 1. The van der Waals surface area contributed by atoms with Gasteiger partial charge in [-0.2, -0.15) is 0 Å². The van der Waals surface area contributed by atoms with Crippen molar-refractivity contribution < 1.29 is 9.21 Å². The Kier molecular flexibility index (Phi) is 3.82. The molecule has 0 aromatic carbocycles. The highest BCUT2D eigenvalue weighted by Crippen LogP contribution is 2.27. The molecule has 90 valence electrons. The van der Waals surface area contributed by atoms with Gasteiger partial charge in [0.25, 0.3) is 0 Å². The van der Waals surface area contributed by atoms with E-state index in [-0.39, 0.29) is 5.76 Å². The maximum Gasteiger partial charge on any atom is 0.301 e. The molecule has 0 atom stereocenters. The molecule has 7 heteroatoms. The zero-order chi connectivity index (χ0) is 12.3. The Balaban J connectivity index is 2.04. The maximum absolute atomic E-state index is 11.4. The number of nitrogens with two attached hydrogens (primary N) is 1. The van der Waals surface area contributed by atoms with Crippen molar-refractivity contribution in [3.05, 3.63) is 34.7 Å². The average Bonchev–Trinajstić information content (AvgIpc) is 2.94. The fourth-order valence-corrected chi connectivity index (χ4v) is 3.08. The molecular formula is C10H11N3O2S2. The average molecular weight is 269 g/mol. The van der Waals surface area contributed by atoms with E-state index in [4.69, 9.17) is 10.3 Å². The van der Waals surface area contributed by atoms with Crippen molar-refractivity contribution in [3.8, 4) is 0 Å². The van der Waals surface area contributed by atoms with Crippen LogP contribution in [0.3, 0.4) is 0 Å². The molecule has 3 N–H and O–H groups in total. The molecule has 0 fully saturated rings. The number of nitrogen functional groups attached to an aromatic ring is 1. The van der Waals surface area contributed by atoms with Crippen molar-refractivity contribution in [1.82, 2.24) is 10.4 Å². The number of rotatable bonds is 4. The molecule has 17 heavy (non-hydrogen) atoms. The van der Waals surface area contributed by atoms with Gasteiger partial charge in [-0.15, -0.1) is 11.3 Å². The Bertz CT molecular complexity index is 521. The Labute approximate surface area is 106 Å². The van der Waals surface area contributed by atoms with Crippen LogP contribution in [0.15, 0.2) is 26.5 Å². The number of thiazole rings is 1. The second-order valence-corrected chi connectivity index (χ2v) is 5.37. The third kappa shape index (κ3) is 2.87. The number of aromatic nitrogens is 1. The highest BCUT2D eigenvalue weighted by atomic mass is 32.2. The topological polar surface area (TPSA) is 81.2 Å². The van der Waals surface area contributed by atoms with Crippen molar-refractivity contribution in [1.29, 1.82) is 0 Å². The number of carbonyl (C=O) groups excluding carboxylic acids is 1. The summed E-state index contributed by atoms with van der Waals surface area (Å²) < 4.78 is 6.06. The van der Waals surface area contributed by atoms with E-state index in [0.717, 1.165) is 15.6 Å². The fraction of sp³-hybridized carbons (Fsp3) is 0.200. The summed E-state index contributed by atoms with van der Waals surface area (Å²) >= 11 is 3.16. The van der Waals surface area contributed by atoms with Crippen molar-refractivity contribution >= 4 is 29.0 Å². The number of nitrogens with one attached hydrogen (secondary N) is 1. The molecule has 2 aromatic heterocycles. The summed E-state index contributed by atoms with van der Waals surface area (Å²) in [7, 11) is 0. The van der Waals surface area contributed by atoms with Gasteiger partial charge in [-0.05, 0) is 13.0 Å². The van der Waals surface area contributed by atoms with E-state index in [2.05, 4.69) is 10.4 Å². The van der Waals surface area contributed by atoms with E-state index < -0.39 is 5.91 Å². The summed E-state index contributed by atoms with van der Waals surface area (Å²) in [6.07, 6.45) is 1.48. The van der Waals surface area contributed by atoms with Crippen molar-refractivity contribution in [2.45, 2.75) is 17.0 Å². The highest BCUT2D eigenvalue weighted by Gasteiger charge is 2.14. The van der Waals surface area contributed by atoms with Crippen LogP contribution in [-0.2, 0) is 5.75 Å². The summed E-state index contributed by atoms with van der Waals surface area (Å²) in [5.74, 6) is 5.54. The second-order valence-electron chi connectivity index (χ2n) is 3.29. The first-order valence-corrected chi connectivity index (χ1v) is 6.69. The van der Waals surface area contributed by atoms with Crippen LogP contribution in [0.4, 0.5) is 0 Å². The highest BCUT2D eigenvalue weighted by molar-refractivity contribution is 8.00. The van der Waals surface area contributed by atoms with Gasteiger partial charge < -0.3 is 4.42 Å². The van der Waals surface area contributed by atoms with Gasteiger partial charge in [0, 0.05) is 22.4 Å². The number of hydrazine groups is 1. The second kappa shape index (κ2) is 5.35. The number of hydrogen-bond donors (Lipinski definition) is 2. The van der Waals surface area contributed by atoms with Crippen LogP contribution in [0.2, 0.25) is 0 Å². The Morgan fingerprint density at radius 3 is 3.18 bits per heavy atom. The number of carbonyl (C=O) groups is 1.